The molecule has 1 heterocycles. The van der Waals surface area contributed by atoms with Gasteiger partial charge in [0.15, 0.2) is 11.5 Å². The van der Waals surface area contributed by atoms with Crippen molar-refractivity contribution in [3.8, 4) is 11.5 Å². The van der Waals surface area contributed by atoms with Crippen LogP contribution in [0.4, 0.5) is 0 Å². The van der Waals surface area contributed by atoms with Gasteiger partial charge in [-0.2, -0.15) is 0 Å². The van der Waals surface area contributed by atoms with E-state index in [-0.39, 0.29) is 22.9 Å². The van der Waals surface area contributed by atoms with Gasteiger partial charge < -0.3 is 19.5 Å². The molecule has 1 N–H and O–H groups in total. The summed E-state index contributed by atoms with van der Waals surface area (Å²) in [6, 6.07) is 16.2. The second kappa shape index (κ2) is 10.9. The van der Waals surface area contributed by atoms with Crippen LogP contribution in [0.1, 0.15) is 22.7 Å². The van der Waals surface area contributed by atoms with Gasteiger partial charge in [-0.3, -0.25) is 9.59 Å². The molecule has 0 unspecified atom stereocenters. The molecule has 0 saturated carbocycles. The van der Waals surface area contributed by atoms with E-state index < -0.39 is 17.7 Å². The fourth-order valence-corrected chi connectivity index (χ4v) is 4.98. The van der Waals surface area contributed by atoms with E-state index in [0.717, 1.165) is 10.0 Å². The first-order valence-corrected chi connectivity index (χ1v) is 12.5. The number of carbonyl (C=O) groups excluding carboxylic acids is 2. The molecular formula is C27H22BrCl2NO5. The maximum Gasteiger partial charge on any atom is 0.295 e. The summed E-state index contributed by atoms with van der Waals surface area (Å²) < 4.78 is 11.5. The first-order chi connectivity index (χ1) is 17.2. The van der Waals surface area contributed by atoms with Crippen LogP contribution in [0.2, 0.25) is 10.0 Å². The van der Waals surface area contributed by atoms with Crippen molar-refractivity contribution in [3.05, 3.63) is 97.4 Å². The monoisotopic (exact) mass is 589 g/mol. The smallest absolute Gasteiger partial charge is 0.295 e. The molecular weight excluding hydrogens is 569 g/mol. The summed E-state index contributed by atoms with van der Waals surface area (Å²) in [5.41, 5.74) is 1.75. The Kier molecular flexibility index (Phi) is 7.93. The molecule has 1 fully saturated rings. The van der Waals surface area contributed by atoms with Gasteiger partial charge in [0.2, 0.25) is 0 Å². The number of ether oxygens (including phenoxy) is 2. The third-order valence-corrected chi connectivity index (χ3v) is 7.10. The van der Waals surface area contributed by atoms with Gasteiger partial charge in [0.25, 0.3) is 11.7 Å². The molecule has 0 spiro atoms. The number of Topliss-reactive ketones (excluding diaryl/α,β-unsaturated/α-hetero) is 1. The number of aliphatic hydroxyl groups excluding tert-OH is 1. The van der Waals surface area contributed by atoms with Crippen LogP contribution in [0.5, 0.6) is 11.5 Å². The summed E-state index contributed by atoms with van der Waals surface area (Å²) in [5, 5.41) is 11.9. The zero-order valence-corrected chi connectivity index (χ0v) is 22.5. The molecule has 4 rings (SSSR count). The molecule has 1 atom stereocenters. The fraction of sp³-hybridized carbons (Fsp3) is 0.185. The summed E-state index contributed by atoms with van der Waals surface area (Å²) in [6.07, 6.45) is 0.424. The lowest BCUT2D eigenvalue weighted by Crippen LogP contribution is -2.31. The zero-order chi connectivity index (χ0) is 26.0. The fourth-order valence-electron chi connectivity index (χ4n) is 4.21. The van der Waals surface area contributed by atoms with Crippen LogP contribution in [0.25, 0.3) is 5.76 Å². The Balaban J connectivity index is 1.77. The molecule has 0 bridgehead atoms. The predicted octanol–water partition coefficient (Wildman–Crippen LogP) is 6.44. The Hall–Kier alpha value is -3.00. The first kappa shape index (κ1) is 26.1. The summed E-state index contributed by atoms with van der Waals surface area (Å²) in [6.45, 7) is 0.195. The van der Waals surface area contributed by atoms with Gasteiger partial charge in [-0.15, -0.1) is 0 Å². The lowest BCUT2D eigenvalue weighted by atomic mass is 9.95. The van der Waals surface area contributed by atoms with Gasteiger partial charge in [-0.05, 0) is 53.9 Å². The molecule has 186 valence electrons. The van der Waals surface area contributed by atoms with Crippen molar-refractivity contribution in [3.63, 3.8) is 0 Å². The Labute approximate surface area is 227 Å². The highest BCUT2D eigenvalue weighted by molar-refractivity contribution is 9.10. The number of hydrogen-bond donors (Lipinski definition) is 1. The van der Waals surface area contributed by atoms with E-state index in [0.29, 0.717) is 34.1 Å². The number of halogens is 3. The molecule has 1 amide bonds. The van der Waals surface area contributed by atoms with Gasteiger partial charge in [0.1, 0.15) is 5.76 Å². The molecule has 0 aromatic heterocycles. The van der Waals surface area contributed by atoms with Crippen LogP contribution in [0.15, 0.2) is 70.7 Å². The Morgan fingerprint density at radius 1 is 0.972 bits per heavy atom. The second-order valence-electron chi connectivity index (χ2n) is 8.10. The minimum Gasteiger partial charge on any atom is -0.507 e. The maximum absolute atomic E-state index is 13.2. The second-order valence-corrected chi connectivity index (χ2v) is 9.86. The SMILES string of the molecule is COc1ccc(CCN2C(=O)C(=O)C(=C(O)c3ccc(Br)cc3)[C@@H]2c2ccc(Cl)cc2Cl)cc1OC. The summed E-state index contributed by atoms with van der Waals surface area (Å²) in [4.78, 5) is 27.9. The molecule has 1 aliphatic heterocycles. The predicted molar refractivity (Wildman–Crippen MR) is 143 cm³/mol. The van der Waals surface area contributed by atoms with Crippen LogP contribution in [0, 0.1) is 0 Å². The summed E-state index contributed by atoms with van der Waals surface area (Å²) in [5.74, 6) is -0.622. The highest BCUT2D eigenvalue weighted by atomic mass is 79.9. The van der Waals surface area contributed by atoms with Crippen LogP contribution >= 0.6 is 39.1 Å². The Morgan fingerprint density at radius 3 is 2.31 bits per heavy atom. The van der Waals surface area contributed by atoms with E-state index in [1.165, 1.54) is 4.90 Å². The van der Waals surface area contributed by atoms with Crippen molar-refractivity contribution in [2.75, 3.05) is 20.8 Å². The van der Waals surface area contributed by atoms with E-state index in [4.69, 9.17) is 32.7 Å². The lowest BCUT2D eigenvalue weighted by molar-refractivity contribution is -0.139. The standard InChI is InChI=1S/C27H22BrCl2NO5/c1-35-21-10-3-15(13-22(21)36-2)11-12-31-24(19-9-8-18(29)14-20(19)30)23(26(33)27(31)34)25(32)16-4-6-17(28)7-5-16/h3-10,13-14,24,32H,11-12H2,1-2H3/t24-/m0/s1. The number of carbonyl (C=O) groups is 2. The number of likely N-dealkylation sites (tertiary alicyclic amines) is 1. The highest BCUT2D eigenvalue weighted by Crippen LogP contribution is 2.42. The largest absolute Gasteiger partial charge is 0.507 e. The molecule has 0 radical (unpaired) electrons. The van der Waals surface area contributed by atoms with Crippen molar-refractivity contribution in [2.24, 2.45) is 0 Å². The van der Waals surface area contributed by atoms with E-state index in [2.05, 4.69) is 15.9 Å². The first-order valence-electron chi connectivity index (χ1n) is 10.9. The summed E-state index contributed by atoms with van der Waals surface area (Å²) in [7, 11) is 3.10. The number of ketones is 1. The Bertz CT molecular complexity index is 1360. The third kappa shape index (κ3) is 5.09. The van der Waals surface area contributed by atoms with Crippen LogP contribution in [-0.4, -0.2) is 42.5 Å². The average molecular weight is 591 g/mol. The number of aliphatic hydroxyl groups is 1. The minimum atomic E-state index is -0.890. The van der Waals surface area contributed by atoms with E-state index in [1.54, 1.807) is 62.8 Å². The molecule has 0 aliphatic carbocycles. The van der Waals surface area contributed by atoms with Gasteiger partial charge >= 0.3 is 0 Å². The summed E-state index contributed by atoms with van der Waals surface area (Å²) >= 11 is 16.0. The molecule has 9 heteroatoms. The number of hydrogen-bond acceptors (Lipinski definition) is 5. The number of methoxy groups -OCH3 is 2. The van der Waals surface area contributed by atoms with Crippen LogP contribution in [0.3, 0.4) is 0 Å². The van der Waals surface area contributed by atoms with Crippen LogP contribution in [-0.2, 0) is 16.0 Å². The van der Waals surface area contributed by atoms with Crippen molar-refractivity contribution in [1.82, 2.24) is 4.90 Å². The lowest BCUT2D eigenvalue weighted by Gasteiger charge is -2.26. The maximum atomic E-state index is 13.2. The number of rotatable bonds is 7. The van der Waals surface area contributed by atoms with Gasteiger partial charge in [-0.1, -0.05) is 63.4 Å². The number of nitrogens with zero attached hydrogens (tertiary/aromatic N) is 1. The molecule has 1 saturated heterocycles. The van der Waals surface area contributed by atoms with Crippen molar-refractivity contribution >= 4 is 56.6 Å². The highest BCUT2D eigenvalue weighted by Gasteiger charge is 2.46. The molecule has 6 nitrogen and oxygen atoms in total. The van der Waals surface area contributed by atoms with Crippen molar-refractivity contribution in [1.29, 1.82) is 0 Å². The molecule has 3 aromatic rings. The minimum absolute atomic E-state index is 0.0288. The van der Waals surface area contributed by atoms with Gasteiger partial charge in [0.05, 0.1) is 25.8 Å². The van der Waals surface area contributed by atoms with Gasteiger partial charge in [0, 0.05) is 26.6 Å². The molecule has 36 heavy (non-hydrogen) atoms. The van der Waals surface area contributed by atoms with Crippen LogP contribution < -0.4 is 9.47 Å². The van der Waals surface area contributed by atoms with E-state index in [9.17, 15) is 14.7 Å². The Morgan fingerprint density at radius 2 is 1.67 bits per heavy atom. The van der Waals surface area contributed by atoms with Crippen molar-refractivity contribution in [2.45, 2.75) is 12.5 Å². The van der Waals surface area contributed by atoms with Crippen molar-refractivity contribution < 1.29 is 24.2 Å². The van der Waals surface area contributed by atoms with E-state index >= 15 is 0 Å². The third-order valence-electron chi connectivity index (χ3n) is 6.00. The number of benzene rings is 3. The van der Waals surface area contributed by atoms with Gasteiger partial charge in [-0.25, -0.2) is 0 Å². The molecule has 3 aromatic carbocycles. The quantitative estimate of drug-likeness (QED) is 0.195. The molecule has 1 aliphatic rings. The zero-order valence-electron chi connectivity index (χ0n) is 19.4. The van der Waals surface area contributed by atoms with E-state index in [1.807, 2.05) is 12.1 Å². The topological polar surface area (TPSA) is 76.1 Å². The number of amides is 1. The normalized spacial score (nSPS) is 16.9. The average Bonchev–Trinajstić information content (AvgIpc) is 3.12.